The Kier molecular flexibility index (Phi) is 4.66. The number of pyridine rings is 1. The van der Waals surface area contributed by atoms with E-state index in [0.29, 0.717) is 5.82 Å². The van der Waals surface area contributed by atoms with Crippen molar-refractivity contribution in [2.75, 3.05) is 5.32 Å². The van der Waals surface area contributed by atoms with Gasteiger partial charge in [-0.3, -0.25) is 4.79 Å². The van der Waals surface area contributed by atoms with Crippen LogP contribution in [0.3, 0.4) is 0 Å². The summed E-state index contributed by atoms with van der Waals surface area (Å²) in [6.45, 7) is 3.47. The number of carbonyl (C=O) groups excluding carboxylic acids is 1. The summed E-state index contributed by atoms with van der Waals surface area (Å²) < 4.78 is 13.6. The molecule has 2 heterocycles. The molecule has 0 aliphatic rings. The van der Waals surface area contributed by atoms with Gasteiger partial charge < -0.3 is 5.32 Å². The zero-order valence-corrected chi connectivity index (χ0v) is 14.2. The number of rotatable bonds is 4. The first-order valence-electron chi connectivity index (χ1n) is 7.56. The van der Waals surface area contributed by atoms with Crippen LogP contribution in [0, 0.1) is 5.82 Å². The SMILES string of the molecule is CCc1nc(-c2cccc(F)c2)c(-c2ccnc(NC(C)=O)c2)s1. The Morgan fingerprint density at radius 1 is 1.25 bits per heavy atom. The first-order valence-corrected chi connectivity index (χ1v) is 8.38. The van der Waals surface area contributed by atoms with E-state index in [-0.39, 0.29) is 11.7 Å². The van der Waals surface area contributed by atoms with E-state index in [1.807, 2.05) is 19.1 Å². The monoisotopic (exact) mass is 341 g/mol. The van der Waals surface area contributed by atoms with Crippen LogP contribution < -0.4 is 5.32 Å². The molecule has 0 unspecified atom stereocenters. The molecule has 122 valence electrons. The number of hydrogen-bond acceptors (Lipinski definition) is 4. The highest BCUT2D eigenvalue weighted by Gasteiger charge is 2.15. The average Bonchev–Trinajstić information content (AvgIpc) is 2.99. The Hall–Kier alpha value is -2.60. The molecule has 0 radical (unpaired) electrons. The minimum Gasteiger partial charge on any atom is -0.311 e. The van der Waals surface area contributed by atoms with Gasteiger partial charge in [0.25, 0.3) is 0 Å². The normalized spacial score (nSPS) is 10.6. The molecule has 24 heavy (non-hydrogen) atoms. The molecule has 3 aromatic rings. The molecule has 0 saturated carbocycles. The van der Waals surface area contributed by atoms with Gasteiger partial charge in [-0.15, -0.1) is 11.3 Å². The Morgan fingerprint density at radius 3 is 2.79 bits per heavy atom. The number of amides is 1. The van der Waals surface area contributed by atoms with Crippen LogP contribution in [0.4, 0.5) is 10.2 Å². The van der Waals surface area contributed by atoms with E-state index in [1.54, 1.807) is 29.7 Å². The van der Waals surface area contributed by atoms with Crippen molar-refractivity contribution in [2.24, 2.45) is 0 Å². The molecule has 0 aliphatic heterocycles. The van der Waals surface area contributed by atoms with Gasteiger partial charge in [0.2, 0.25) is 5.91 Å². The Balaban J connectivity index is 2.11. The smallest absolute Gasteiger partial charge is 0.222 e. The summed E-state index contributed by atoms with van der Waals surface area (Å²) in [7, 11) is 0. The molecule has 0 atom stereocenters. The van der Waals surface area contributed by atoms with Crippen molar-refractivity contribution in [3.05, 3.63) is 53.4 Å². The zero-order chi connectivity index (χ0) is 17.1. The van der Waals surface area contributed by atoms with Crippen LogP contribution in [0.25, 0.3) is 21.7 Å². The molecule has 0 fully saturated rings. The molecule has 4 nitrogen and oxygen atoms in total. The Labute approximate surface area is 143 Å². The molecule has 1 aromatic carbocycles. The van der Waals surface area contributed by atoms with E-state index >= 15 is 0 Å². The lowest BCUT2D eigenvalue weighted by atomic mass is 10.1. The highest BCUT2D eigenvalue weighted by atomic mass is 32.1. The van der Waals surface area contributed by atoms with E-state index in [1.165, 1.54) is 19.1 Å². The van der Waals surface area contributed by atoms with Crippen molar-refractivity contribution >= 4 is 23.1 Å². The summed E-state index contributed by atoms with van der Waals surface area (Å²) in [5.41, 5.74) is 2.38. The van der Waals surface area contributed by atoms with Gasteiger partial charge >= 0.3 is 0 Å². The van der Waals surface area contributed by atoms with Gasteiger partial charge in [0.15, 0.2) is 0 Å². The number of anilines is 1. The molecule has 0 aliphatic carbocycles. The van der Waals surface area contributed by atoms with Crippen LogP contribution in [-0.2, 0) is 11.2 Å². The standard InChI is InChI=1S/C18H16FN3OS/c1-3-16-22-17(12-5-4-6-14(19)9-12)18(24-16)13-7-8-20-15(10-13)21-11(2)23/h4-10H,3H2,1-2H3,(H,20,21,23). The lowest BCUT2D eigenvalue weighted by molar-refractivity contribution is -0.114. The highest BCUT2D eigenvalue weighted by molar-refractivity contribution is 7.15. The first-order chi connectivity index (χ1) is 11.6. The summed E-state index contributed by atoms with van der Waals surface area (Å²) in [6, 6.07) is 10.1. The number of nitrogens with zero attached hydrogens (tertiary/aromatic N) is 2. The van der Waals surface area contributed by atoms with Crippen molar-refractivity contribution in [1.29, 1.82) is 0 Å². The van der Waals surface area contributed by atoms with Gasteiger partial charge in [-0.1, -0.05) is 19.1 Å². The quantitative estimate of drug-likeness (QED) is 0.758. The van der Waals surface area contributed by atoms with Crippen molar-refractivity contribution < 1.29 is 9.18 Å². The molecule has 0 spiro atoms. The summed E-state index contributed by atoms with van der Waals surface area (Å²) in [6.07, 6.45) is 2.44. The maximum absolute atomic E-state index is 13.6. The van der Waals surface area contributed by atoms with Crippen molar-refractivity contribution in [3.8, 4) is 21.7 Å². The molecule has 0 bridgehead atoms. The summed E-state index contributed by atoms with van der Waals surface area (Å²) in [5, 5.41) is 3.65. The van der Waals surface area contributed by atoms with Gasteiger partial charge in [-0.25, -0.2) is 14.4 Å². The number of halogens is 1. The third kappa shape index (κ3) is 3.49. The first kappa shape index (κ1) is 16.3. The van der Waals surface area contributed by atoms with Crippen LogP contribution in [0.15, 0.2) is 42.6 Å². The van der Waals surface area contributed by atoms with Crippen LogP contribution in [-0.4, -0.2) is 15.9 Å². The maximum atomic E-state index is 13.6. The zero-order valence-electron chi connectivity index (χ0n) is 13.3. The molecule has 1 N–H and O–H groups in total. The van der Waals surface area contributed by atoms with Gasteiger partial charge in [0.05, 0.1) is 15.6 Å². The molecule has 3 rings (SSSR count). The molecule has 0 saturated heterocycles. The van der Waals surface area contributed by atoms with E-state index in [0.717, 1.165) is 33.1 Å². The highest BCUT2D eigenvalue weighted by Crippen LogP contribution is 2.37. The number of aryl methyl sites for hydroxylation is 1. The topological polar surface area (TPSA) is 54.9 Å². The van der Waals surface area contributed by atoms with Gasteiger partial charge in [0, 0.05) is 18.7 Å². The minimum atomic E-state index is -0.293. The largest absolute Gasteiger partial charge is 0.311 e. The molecule has 1 amide bonds. The van der Waals surface area contributed by atoms with E-state index < -0.39 is 0 Å². The third-order valence-electron chi connectivity index (χ3n) is 3.40. The molecular formula is C18H16FN3OS. The molecule has 2 aromatic heterocycles. The maximum Gasteiger partial charge on any atom is 0.222 e. The average molecular weight is 341 g/mol. The van der Waals surface area contributed by atoms with E-state index in [4.69, 9.17) is 0 Å². The summed E-state index contributed by atoms with van der Waals surface area (Å²) >= 11 is 1.57. The van der Waals surface area contributed by atoms with Crippen molar-refractivity contribution in [3.63, 3.8) is 0 Å². The summed E-state index contributed by atoms with van der Waals surface area (Å²) in [5.74, 6) is 0.0124. The number of nitrogens with one attached hydrogen (secondary N) is 1. The Morgan fingerprint density at radius 2 is 2.08 bits per heavy atom. The van der Waals surface area contributed by atoms with E-state index in [2.05, 4.69) is 15.3 Å². The fourth-order valence-corrected chi connectivity index (χ4v) is 3.39. The molecular weight excluding hydrogens is 325 g/mol. The minimum absolute atomic E-state index is 0.177. The molecule has 6 heteroatoms. The number of thiazole rings is 1. The second-order valence-electron chi connectivity index (χ2n) is 5.26. The fraction of sp³-hybridized carbons (Fsp3) is 0.167. The number of aromatic nitrogens is 2. The van der Waals surface area contributed by atoms with Crippen LogP contribution >= 0.6 is 11.3 Å². The second kappa shape index (κ2) is 6.88. The van der Waals surface area contributed by atoms with Crippen LogP contribution in [0.1, 0.15) is 18.9 Å². The number of benzene rings is 1. The lowest BCUT2D eigenvalue weighted by Crippen LogP contribution is -2.07. The predicted octanol–water partition coefficient (Wildman–Crippen LogP) is 4.53. The fourth-order valence-electron chi connectivity index (χ4n) is 2.36. The summed E-state index contributed by atoms with van der Waals surface area (Å²) in [4.78, 5) is 21.0. The van der Waals surface area contributed by atoms with Gasteiger partial charge in [-0.05, 0) is 36.2 Å². The number of carbonyl (C=O) groups is 1. The van der Waals surface area contributed by atoms with E-state index in [9.17, 15) is 9.18 Å². The van der Waals surface area contributed by atoms with Gasteiger partial charge in [0.1, 0.15) is 11.6 Å². The van der Waals surface area contributed by atoms with Gasteiger partial charge in [-0.2, -0.15) is 0 Å². The van der Waals surface area contributed by atoms with Crippen molar-refractivity contribution in [2.45, 2.75) is 20.3 Å². The predicted molar refractivity (Wildman–Crippen MR) is 94.4 cm³/mol. The Bertz CT molecular complexity index is 891. The third-order valence-corrected chi connectivity index (χ3v) is 4.65. The number of hydrogen-bond donors (Lipinski definition) is 1. The van der Waals surface area contributed by atoms with Crippen molar-refractivity contribution in [1.82, 2.24) is 9.97 Å². The van der Waals surface area contributed by atoms with Crippen LogP contribution in [0.2, 0.25) is 0 Å². The lowest BCUT2D eigenvalue weighted by Gasteiger charge is -2.06. The second-order valence-corrected chi connectivity index (χ2v) is 6.34. The van der Waals surface area contributed by atoms with Crippen LogP contribution in [0.5, 0.6) is 0 Å².